The van der Waals surface area contributed by atoms with Crippen molar-refractivity contribution >= 4 is 28.9 Å². The summed E-state index contributed by atoms with van der Waals surface area (Å²) in [5.74, 6) is 0.905. The first kappa shape index (κ1) is 18.5. The topological polar surface area (TPSA) is 79.8 Å². The van der Waals surface area contributed by atoms with Gasteiger partial charge in [0.1, 0.15) is 17.2 Å². The second-order valence-electron chi connectivity index (χ2n) is 5.17. The van der Waals surface area contributed by atoms with Crippen LogP contribution in [0.1, 0.15) is 12.5 Å². The fraction of sp³-hybridized carbons (Fsp3) is 0.222. The van der Waals surface area contributed by atoms with Crippen LogP contribution < -0.4 is 20.1 Å². The fourth-order valence-corrected chi connectivity index (χ4v) is 2.26. The summed E-state index contributed by atoms with van der Waals surface area (Å²) in [6.07, 6.45) is 0.823. The Balaban J connectivity index is 1.84. The minimum absolute atomic E-state index is 0.0586. The highest BCUT2D eigenvalue weighted by Gasteiger charge is 2.09. The third-order valence-corrected chi connectivity index (χ3v) is 3.60. The molecule has 0 saturated carbocycles. The van der Waals surface area contributed by atoms with Crippen molar-refractivity contribution in [2.24, 2.45) is 0 Å². The molecule has 2 aromatic carbocycles. The summed E-state index contributed by atoms with van der Waals surface area (Å²) in [6.45, 7) is 1.82. The van der Waals surface area contributed by atoms with Crippen molar-refractivity contribution in [2.75, 3.05) is 19.0 Å². The zero-order chi connectivity index (χ0) is 18.2. The number of rotatable bonds is 6. The van der Waals surface area contributed by atoms with Gasteiger partial charge in [-0.05, 0) is 60.6 Å². The molecule has 0 aliphatic rings. The summed E-state index contributed by atoms with van der Waals surface area (Å²) in [4.78, 5) is 11.9. The van der Waals surface area contributed by atoms with Crippen LogP contribution in [0, 0.1) is 0 Å². The van der Waals surface area contributed by atoms with Gasteiger partial charge in [-0.15, -0.1) is 0 Å². The number of carbonyl (C=O) groups excluding carboxylic acids is 1. The Morgan fingerprint density at radius 2 is 1.84 bits per heavy atom. The van der Waals surface area contributed by atoms with Gasteiger partial charge in [-0.25, -0.2) is 0 Å². The van der Waals surface area contributed by atoms with E-state index < -0.39 is 5.91 Å². The summed E-state index contributed by atoms with van der Waals surface area (Å²) in [5.41, 5.74) is 1.48. The number of thiocarbonyl (C=S) groups is 1. The molecule has 132 valence electrons. The molecule has 0 aliphatic carbocycles. The molecule has 0 fully saturated rings. The number of nitrogens with one attached hydrogen (secondary N) is 2. The van der Waals surface area contributed by atoms with Crippen LogP contribution in [-0.2, 0) is 11.2 Å². The molecule has 6 nitrogen and oxygen atoms in total. The first-order valence-electron chi connectivity index (χ1n) is 7.71. The van der Waals surface area contributed by atoms with Crippen LogP contribution in [-0.4, -0.2) is 29.8 Å². The average molecular weight is 360 g/mol. The maximum atomic E-state index is 11.9. The summed E-state index contributed by atoms with van der Waals surface area (Å²) in [6, 6.07) is 12.1. The number of amides is 1. The van der Waals surface area contributed by atoms with Gasteiger partial charge in [0.2, 0.25) is 0 Å². The largest absolute Gasteiger partial charge is 0.506 e. The van der Waals surface area contributed by atoms with Crippen LogP contribution >= 0.6 is 12.2 Å². The minimum atomic E-state index is -0.403. The summed E-state index contributed by atoms with van der Waals surface area (Å²) in [5, 5.41) is 15.2. The van der Waals surface area contributed by atoms with Gasteiger partial charge in [0.15, 0.2) is 11.7 Å². The molecule has 2 aromatic rings. The maximum Gasteiger partial charge on any atom is 0.264 e. The Kier molecular flexibility index (Phi) is 6.59. The molecular formula is C18H20N2O4S. The van der Waals surface area contributed by atoms with Crippen LogP contribution in [0.4, 0.5) is 5.69 Å². The number of benzene rings is 2. The van der Waals surface area contributed by atoms with Gasteiger partial charge < -0.3 is 19.9 Å². The lowest BCUT2D eigenvalue weighted by Crippen LogP contribution is -2.37. The number of methoxy groups -OCH3 is 1. The molecule has 0 spiro atoms. The molecule has 0 radical (unpaired) electrons. The van der Waals surface area contributed by atoms with Gasteiger partial charge in [-0.2, -0.15) is 0 Å². The molecule has 0 saturated heterocycles. The normalized spacial score (nSPS) is 10.0. The van der Waals surface area contributed by atoms with Crippen LogP contribution in [0.2, 0.25) is 0 Å². The summed E-state index contributed by atoms with van der Waals surface area (Å²) in [7, 11) is 1.57. The predicted octanol–water partition coefficient (Wildman–Crippen LogP) is 2.86. The van der Waals surface area contributed by atoms with Gasteiger partial charge in [0.05, 0.1) is 12.8 Å². The van der Waals surface area contributed by atoms with E-state index in [1.807, 2.05) is 13.0 Å². The lowest BCUT2D eigenvalue weighted by atomic mass is 10.1. The average Bonchev–Trinajstić information content (AvgIpc) is 2.62. The van der Waals surface area contributed by atoms with E-state index in [1.165, 1.54) is 0 Å². The molecule has 0 bridgehead atoms. The Hall–Kier alpha value is -2.80. The number of ether oxygens (including phenoxy) is 2. The van der Waals surface area contributed by atoms with Crippen molar-refractivity contribution in [3.63, 3.8) is 0 Å². The van der Waals surface area contributed by atoms with Gasteiger partial charge >= 0.3 is 0 Å². The maximum absolute atomic E-state index is 11.9. The van der Waals surface area contributed by atoms with Crippen molar-refractivity contribution in [3.05, 3.63) is 48.0 Å². The van der Waals surface area contributed by atoms with E-state index in [2.05, 4.69) is 10.6 Å². The lowest BCUT2D eigenvalue weighted by Gasteiger charge is -2.12. The summed E-state index contributed by atoms with van der Waals surface area (Å²) >= 11 is 5.09. The number of anilines is 1. The molecular weight excluding hydrogens is 340 g/mol. The Labute approximate surface area is 151 Å². The number of hydrogen-bond donors (Lipinski definition) is 3. The third-order valence-electron chi connectivity index (χ3n) is 3.40. The quantitative estimate of drug-likeness (QED) is 0.543. The third kappa shape index (κ3) is 5.65. The predicted molar refractivity (Wildman–Crippen MR) is 100 cm³/mol. The van der Waals surface area contributed by atoms with Crippen molar-refractivity contribution in [1.29, 1.82) is 0 Å². The van der Waals surface area contributed by atoms with Crippen molar-refractivity contribution in [2.45, 2.75) is 13.3 Å². The number of aromatic hydroxyl groups is 1. The Bertz CT molecular complexity index is 747. The smallest absolute Gasteiger partial charge is 0.264 e. The standard InChI is InChI=1S/C18H20N2O4S/c1-3-12-4-9-16(21)15(10-12)19-18(25)20-17(22)11-24-14-7-5-13(23-2)6-8-14/h4-10,21H,3,11H2,1-2H3,(H2,19,20,22,25). The highest BCUT2D eigenvalue weighted by atomic mass is 32.1. The van der Waals surface area contributed by atoms with Crippen LogP contribution in [0.15, 0.2) is 42.5 Å². The molecule has 0 atom stereocenters. The molecule has 0 aromatic heterocycles. The zero-order valence-electron chi connectivity index (χ0n) is 14.0. The Morgan fingerprint density at radius 3 is 2.48 bits per heavy atom. The van der Waals surface area contributed by atoms with Crippen LogP contribution in [0.3, 0.4) is 0 Å². The number of hydrogen-bond acceptors (Lipinski definition) is 5. The SMILES string of the molecule is CCc1ccc(O)c(NC(=S)NC(=O)COc2ccc(OC)cc2)c1. The zero-order valence-corrected chi connectivity index (χ0v) is 14.9. The van der Waals surface area contributed by atoms with Crippen molar-refractivity contribution < 1.29 is 19.4 Å². The first-order valence-corrected chi connectivity index (χ1v) is 8.12. The van der Waals surface area contributed by atoms with Crippen molar-refractivity contribution in [1.82, 2.24) is 5.32 Å². The van der Waals surface area contributed by atoms with E-state index in [4.69, 9.17) is 21.7 Å². The molecule has 0 unspecified atom stereocenters. The van der Waals surface area contributed by atoms with Gasteiger partial charge in [0.25, 0.3) is 5.91 Å². The second-order valence-corrected chi connectivity index (χ2v) is 5.58. The second kappa shape index (κ2) is 8.89. The first-order chi connectivity index (χ1) is 12.0. The highest BCUT2D eigenvalue weighted by Crippen LogP contribution is 2.24. The molecule has 2 rings (SSSR count). The molecule has 0 heterocycles. The Morgan fingerprint density at radius 1 is 1.16 bits per heavy atom. The van der Waals surface area contributed by atoms with Gasteiger partial charge in [-0.1, -0.05) is 13.0 Å². The van der Waals surface area contributed by atoms with Crippen LogP contribution in [0.5, 0.6) is 17.2 Å². The molecule has 7 heteroatoms. The van der Waals surface area contributed by atoms with Crippen LogP contribution in [0.25, 0.3) is 0 Å². The number of aryl methyl sites for hydroxylation is 1. The fourth-order valence-electron chi connectivity index (χ4n) is 2.04. The van der Waals surface area contributed by atoms with E-state index >= 15 is 0 Å². The number of carbonyl (C=O) groups is 1. The lowest BCUT2D eigenvalue weighted by molar-refractivity contribution is -0.121. The van der Waals surface area contributed by atoms with Gasteiger partial charge in [-0.3, -0.25) is 10.1 Å². The van der Waals surface area contributed by atoms with Gasteiger partial charge in [0, 0.05) is 0 Å². The molecule has 0 aliphatic heterocycles. The highest BCUT2D eigenvalue weighted by molar-refractivity contribution is 7.80. The van der Waals surface area contributed by atoms with E-state index in [-0.39, 0.29) is 17.5 Å². The minimum Gasteiger partial charge on any atom is -0.506 e. The molecule has 3 N–H and O–H groups in total. The van der Waals surface area contributed by atoms with E-state index in [0.29, 0.717) is 17.2 Å². The van der Waals surface area contributed by atoms with E-state index in [1.54, 1.807) is 43.5 Å². The van der Waals surface area contributed by atoms with E-state index in [0.717, 1.165) is 12.0 Å². The van der Waals surface area contributed by atoms with E-state index in [9.17, 15) is 9.90 Å². The monoisotopic (exact) mass is 360 g/mol. The number of phenolic OH excluding ortho intramolecular Hbond substituents is 1. The summed E-state index contributed by atoms with van der Waals surface area (Å²) < 4.78 is 10.4. The molecule has 25 heavy (non-hydrogen) atoms. The van der Waals surface area contributed by atoms with Crippen molar-refractivity contribution in [3.8, 4) is 17.2 Å². The molecule has 1 amide bonds. The number of phenols is 1.